The van der Waals surface area contributed by atoms with Gasteiger partial charge in [0.1, 0.15) is 6.54 Å². The highest BCUT2D eigenvalue weighted by molar-refractivity contribution is 5.97. The van der Waals surface area contributed by atoms with Gasteiger partial charge in [-0.2, -0.15) is 0 Å². The normalized spacial score (nSPS) is 15.3. The van der Waals surface area contributed by atoms with Crippen LogP contribution >= 0.6 is 0 Å². The van der Waals surface area contributed by atoms with Crippen molar-refractivity contribution in [3.63, 3.8) is 0 Å². The minimum atomic E-state index is -0.969. The molecule has 1 aliphatic rings. The van der Waals surface area contributed by atoms with Crippen LogP contribution in [0.3, 0.4) is 0 Å². The van der Waals surface area contributed by atoms with Crippen LogP contribution in [0.4, 0.5) is 0 Å². The predicted molar refractivity (Wildman–Crippen MR) is 74.6 cm³/mol. The van der Waals surface area contributed by atoms with Gasteiger partial charge in [-0.25, -0.2) is 0 Å². The molecule has 1 aromatic heterocycles. The van der Waals surface area contributed by atoms with E-state index in [4.69, 9.17) is 5.11 Å². The Hall–Kier alpha value is -1.91. The van der Waals surface area contributed by atoms with E-state index in [0.717, 1.165) is 31.4 Å². The fourth-order valence-electron chi connectivity index (χ4n) is 2.80. The van der Waals surface area contributed by atoms with Gasteiger partial charge in [-0.15, -0.1) is 0 Å². The van der Waals surface area contributed by atoms with Gasteiger partial charge in [0.05, 0.1) is 11.3 Å². The van der Waals surface area contributed by atoms with Gasteiger partial charge in [0.25, 0.3) is 5.91 Å². The molecule has 1 aromatic rings. The zero-order valence-electron chi connectivity index (χ0n) is 11.9. The Kier molecular flexibility index (Phi) is 4.37. The molecule has 5 heteroatoms. The highest BCUT2D eigenvalue weighted by atomic mass is 16.4. The van der Waals surface area contributed by atoms with Crippen LogP contribution in [0.2, 0.25) is 0 Å². The van der Waals surface area contributed by atoms with Gasteiger partial charge in [0.2, 0.25) is 0 Å². The molecule has 0 saturated heterocycles. The van der Waals surface area contributed by atoms with E-state index in [1.54, 1.807) is 19.1 Å². The number of carboxylic acids is 1. The van der Waals surface area contributed by atoms with Crippen molar-refractivity contribution in [1.29, 1.82) is 0 Å². The molecule has 2 rings (SSSR count). The van der Waals surface area contributed by atoms with Gasteiger partial charge in [-0.1, -0.05) is 12.8 Å². The number of carbonyl (C=O) groups excluding carboxylic acids is 1. The number of hydrogen-bond donors (Lipinski definition) is 1. The summed E-state index contributed by atoms with van der Waals surface area (Å²) in [7, 11) is 0. The lowest BCUT2D eigenvalue weighted by Crippen LogP contribution is -2.42. The Morgan fingerprint density at radius 3 is 2.50 bits per heavy atom. The first-order chi connectivity index (χ1) is 9.49. The van der Waals surface area contributed by atoms with Crippen molar-refractivity contribution < 1.29 is 14.7 Å². The monoisotopic (exact) mass is 276 g/mol. The van der Waals surface area contributed by atoms with Crippen LogP contribution in [0.5, 0.6) is 0 Å². The van der Waals surface area contributed by atoms with Gasteiger partial charge >= 0.3 is 5.97 Å². The summed E-state index contributed by atoms with van der Waals surface area (Å²) in [4.78, 5) is 29.4. The third-order valence-electron chi connectivity index (χ3n) is 3.79. The summed E-state index contributed by atoms with van der Waals surface area (Å²) in [5, 5.41) is 9.04. The average Bonchev–Trinajstić information content (AvgIpc) is 2.88. The molecule has 1 heterocycles. The fraction of sp³-hybridized carbons (Fsp3) is 0.533. The fourth-order valence-corrected chi connectivity index (χ4v) is 2.80. The Morgan fingerprint density at radius 2 is 1.95 bits per heavy atom. The maximum absolute atomic E-state index is 12.6. The third-order valence-corrected chi connectivity index (χ3v) is 3.79. The third kappa shape index (κ3) is 3.15. The van der Waals surface area contributed by atoms with E-state index < -0.39 is 5.97 Å². The topological polar surface area (TPSA) is 70.5 Å². The van der Waals surface area contributed by atoms with Crippen molar-refractivity contribution in [2.75, 3.05) is 6.54 Å². The number of nitrogens with zero attached hydrogens (tertiary/aromatic N) is 2. The molecule has 0 bridgehead atoms. The standard InChI is InChI=1S/C15H20N2O3/c1-10-7-8-13(11(2)16-10)15(20)17(9-14(18)19)12-5-3-4-6-12/h7-8,12H,3-6,9H2,1-2H3,(H,18,19). The number of aliphatic carboxylic acids is 1. The number of pyridine rings is 1. The van der Waals surface area contributed by atoms with Crippen LogP contribution in [-0.2, 0) is 4.79 Å². The lowest BCUT2D eigenvalue weighted by Gasteiger charge is -2.27. The van der Waals surface area contributed by atoms with Crippen molar-refractivity contribution in [2.24, 2.45) is 0 Å². The smallest absolute Gasteiger partial charge is 0.323 e. The van der Waals surface area contributed by atoms with Gasteiger partial charge in [-0.05, 0) is 38.8 Å². The first-order valence-electron chi connectivity index (χ1n) is 6.96. The van der Waals surface area contributed by atoms with Crippen LogP contribution in [0, 0.1) is 13.8 Å². The molecule has 1 N–H and O–H groups in total. The lowest BCUT2D eigenvalue weighted by molar-refractivity contribution is -0.138. The van der Waals surface area contributed by atoms with Crippen LogP contribution in [0.25, 0.3) is 0 Å². The highest BCUT2D eigenvalue weighted by Gasteiger charge is 2.29. The van der Waals surface area contributed by atoms with E-state index in [-0.39, 0.29) is 18.5 Å². The van der Waals surface area contributed by atoms with Gasteiger partial charge in [0, 0.05) is 11.7 Å². The summed E-state index contributed by atoms with van der Waals surface area (Å²) in [6.45, 7) is 3.41. The number of aryl methyl sites for hydroxylation is 2. The van der Waals surface area contributed by atoms with Crippen molar-refractivity contribution in [3.05, 3.63) is 29.1 Å². The molecule has 108 valence electrons. The molecular formula is C15H20N2O3. The molecular weight excluding hydrogens is 256 g/mol. The summed E-state index contributed by atoms with van der Waals surface area (Å²) in [6.07, 6.45) is 3.88. The van der Waals surface area contributed by atoms with Crippen molar-refractivity contribution >= 4 is 11.9 Å². The summed E-state index contributed by atoms with van der Waals surface area (Å²) in [5.74, 6) is -1.19. The van der Waals surface area contributed by atoms with Crippen LogP contribution in [0.15, 0.2) is 12.1 Å². The second-order valence-corrected chi connectivity index (χ2v) is 5.35. The Morgan fingerprint density at radius 1 is 1.30 bits per heavy atom. The Balaban J connectivity index is 2.27. The summed E-state index contributed by atoms with van der Waals surface area (Å²) in [6, 6.07) is 3.57. The molecule has 0 atom stereocenters. The summed E-state index contributed by atoms with van der Waals surface area (Å²) < 4.78 is 0. The molecule has 1 saturated carbocycles. The molecule has 1 aliphatic carbocycles. The quantitative estimate of drug-likeness (QED) is 0.915. The van der Waals surface area contributed by atoms with E-state index in [2.05, 4.69) is 4.98 Å². The minimum absolute atomic E-state index is 0.0410. The number of amides is 1. The largest absolute Gasteiger partial charge is 0.480 e. The SMILES string of the molecule is Cc1ccc(C(=O)N(CC(=O)O)C2CCCC2)c(C)n1. The Bertz CT molecular complexity index is 522. The second-order valence-electron chi connectivity index (χ2n) is 5.35. The predicted octanol–water partition coefficient (Wildman–Crippen LogP) is 2.17. The molecule has 0 unspecified atom stereocenters. The Labute approximate surface area is 118 Å². The zero-order valence-corrected chi connectivity index (χ0v) is 11.9. The summed E-state index contributed by atoms with van der Waals surface area (Å²) >= 11 is 0. The summed E-state index contributed by atoms with van der Waals surface area (Å²) in [5.41, 5.74) is 2.01. The van der Waals surface area contributed by atoms with Gasteiger partial charge in [0.15, 0.2) is 0 Å². The second kappa shape index (κ2) is 6.03. The molecule has 0 spiro atoms. The highest BCUT2D eigenvalue weighted by Crippen LogP contribution is 2.25. The van der Waals surface area contributed by atoms with Gasteiger partial charge < -0.3 is 10.0 Å². The van der Waals surface area contributed by atoms with Crippen molar-refractivity contribution in [2.45, 2.75) is 45.6 Å². The maximum atomic E-state index is 12.6. The maximum Gasteiger partial charge on any atom is 0.323 e. The van der Waals surface area contributed by atoms with Crippen LogP contribution in [0.1, 0.15) is 47.4 Å². The van der Waals surface area contributed by atoms with E-state index in [9.17, 15) is 9.59 Å². The molecule has 0 radical (unpaired) electrons. The molecule has 1 amide bonds. The van der Waals surface area contributed by atoms with Gasteiger partial charge in [-0.3, -0.25) is 14.6 Å². The first kappa shape index (κ1) is 14.5. The van der Waals surface area contributed by atoms with E-state index in [1.165, 1.54) is 4.90 Å². The minimum Gasteiger partial charge on any atom is -0.480 e. The van der Waals surface area contributed by atoms with Crippen molar-refractivity contribution in [3.8, 4) is 0 Å². The number of carbonyl (C=O) groups is 2. The van der Waals surface area contributed by atoms with E-state index in [1.807, 2.05) is 6.92 Å². The molecule has 0 aliphatic heterocycles. The average molecular weight is 276 g/mol. The van der Waals surface area contributed by atoms with Crippen molar-refractivity contribution in [1.82, 2.24) is 9.88 Å². The number of hydrogen-bond acceptors (Lipinski definition) is 3. The van der Waals surface area contributed by atoms with Crippen LogP contribution < -0.4 is 0 Å². The molecule has 0 aromatic carbocycles. The number of aromatic nitrogens is 1. The number of rotatable bonds is 4. The zero-order chi connectivity index (χ0) is 14.7. The molecule has 5 nitrogen and oxygen atoms in total. The lowest BCUT2D eigenvalue weighted by atomic mass is 10.1. The van der Waals surface area contributed by atoms with Crippen LogP contribution in [-0.4, -0.2) is 39.5 Å². The molecule has 20 heavy (non-hydrogen) atoms. The molecule has 1 fully saturated rings. The van der Waals surface area contributed by atoms with E-state index >= 15 is 0 Å². The number of carboxylic acid groups (broad SMARTS) is 1. The first-order valence-corrected chi connectivity index (χ1v) is 6.96. The van der Waals surface area contributed by atoms with E-state index in [0.29, 0.717) is 11.3 Å².